The van der Waals surface area contributed by atoms with E-state index in [1.807, 2.05) is 41.8 Å². The second kappa shape index (κ2) is 7.49. The van der Waals surface area contributed by atoms with E-state index < -0.39 is 0 Å². The second-order valence-corrected chi connectivity index (χ2v) is 6.85. The molecule has 5 nitrogen and oxygen atoms in total. The lowest BCUT2D eigenvalue weighted by Crippen LogP contribution is -2.32. The Morgan fingerprint density at radius 1 is 1.33 bits per heavy atom. The molecule has 0 radical (unpaired) electrons. The van der Waals surface area contributed by atoms with Crippen LogP contribution < -0.4 is 10.1 Å². The lowest BCUT2D eigenvalue weighted by molar-refractivity contribution is -0.129. The minimum absolute atomic E-state index is 0.0297. The summed E-state index contributed by atoms with van der Waals surface area (Å²) in [4.78, 5) is 27.3. The Kier molecular flexibility index (Phi) is 5.15. The summed E-state index contributed by atoms with van der Waals surface area (Å²) in [5, 5.41) is 4.91. The van der Waals surface area contributed by atoms with Crippen molar-refractivity contribution in [2.45, 2.75) is 19.5 Å². The highest BCUT2D eigenvalue weighted by Gasteiger charge is 2.34. The summed E-state index contributed by atoms with van der Waals surface area (Å²) in [6.07, 6.45) is 0.284. The predicted octanol–water partition coefficient (Wildman–Crippen LogP) is 2.42. The average Bonchev–Trinajstić information content (AvgIpc) is 3.24. The molecule has 1 atom stereocenters. The van der Waals surface area contributed by atoms with Crippen LogP contribution in [-0.2, 0) is 22.7 Å². The van der Waals surface area contributed by atoms with Crippen molar-refractivity contribution in [1.82, 2.24) is 10.2 Å². The molecule has 1 aromatic carbocycles. The molecule has 1 aliphatic rings. The summed E-state index contributed by atoms with van der Waals surface area (Å²) in [7, 11) is 1.62. The van der Waals surface area contributed by atoms with Gasteiger partial charge in [0.1, 0.15) is 5.75 Å². The first kappa shape index (κ1) is 16.5. The van der Waals surface area contributed by atoms with Gasteiger partial charge in [0.15, 0.2) is 0 Å². The Morgan fingerprint density at radius 3 is 2.79 bits per heavy atom. The highest BCUT2D eigenvalue weighted by atomic mass is 32.1. The molecule has 0 bridgehead atoms. The minimum Gasteiger partial charge on any atom is -0.497 e. The van der Waals surface area contributed by atoms with Crippen molar-refractivity contribution in [3.63, 3.8) is 0 Å². The highest BCUT2D eigenvalue weighted by molar-refractivity contribution is 7.09. The molecule has 0 unspecified atom stereocenters. The number of ether oxygens (including phenoxy) is 1. The molecule has 1 saturated heterocycles. The average molecular weight is 344 g/mol. The first-order valence-electron chi connectivity index (χ1n) is 7.86. The Labute approximate surface area is 145 Å². The summed E-state index contributed by atoms with van der Waals surface area (Å²) in [6.45, 7) is 1.53. The molecular formula is C18H20N2O3S. The van der Waals surface area contributed by atoms with Gasteiger partial charge in [0.25, 0.3) is 0 Å². The van der Waals surface area contributed by atoms with Crippen LogP contribution in [-0.4, -0.2) is 30.4 Å². The van der Waals surface area contributed by atoms with E-state index in [4.69, 9.17) is 4.74 Å². The maximum absolute atomic E-state index is 12.3. The van der Waals surface area contributed by atoms with Gasteiger partial charge < -0.3 is 15.0 Å². The molecule has 126 valence electrons. The molecule has 2 aromatic rings. The topological polar surface area (TPSA) is 58.6 Å². The number of methoxy groups -OCH3 is 1. The van der Waals surface area contributed by atoms with Crippen molar-refractivity contribution < 1.29 is 14.3 Å². The number of carbonyl (C=O) groups excluding carboxylic acids is 2. The third kappa shape index (κ3) is 3.94. The summed E-state index contributed by atoms with van der Waals surface area (Å²) >= 11 is 1.61. The van der Waals surface area contributed by atoms with E-state index in [0.717, 1.165) is 16.2 Å². The van der Waals surface area contributed by atoms with Crippen molar-refractivity contribution in [2.75, 3.05) is 13.7 Å². The van der Waals surface area contributed by atoms with Crippen LogP contribution in [0.1, 0.15) is 16.9 Å². The molecular weight excluding hydrogens is 324 g/mol. The van der Waals surface area contributed by atoms with Gasteiger partial charge in [0.2, 0.25) is 11.8 Å². The smallest absolute Gasteiger partial charge is 0.225 e. The van der Waals surface area contributed by atoms with E-state index in [2.05, 4.69) is 5.32 Å². The maximum Gasteiger partial charge on any atom is 0.225 e. The summed E-state index contributed by atoms with van der Waals surface area (Å²) in [6, 6.07) is 11.6. The van der Waals surface area contributed by atoms with Crippen LogP contribution in [0.2, 0.25) is 0 Å². The Bertz CT molecular complexity index is 698. The van der Waals surface area contributed by atoms with Gasteiger partial charge in [-0.3, -0.25) is 9.59 Å². The molecule has 0 saturated carbocycles. The summed E-state index contributed by atoms with van der Waals surface area (Å²) in [5.74, 6) is 0.504. The SMILES string of the molecule is COc1ccc(CN2C[C@@H](C(=O)NCc3cccs3)CC2=O)cc1. The van der Waals surface area contributed by atoms with Crippen molar-refractivity contribution in [1.29, 1.82) is 0 Å². The van der Waals surface area contributed by atoms with Gasteiger partial charge in [0.05, 0.1) is 19.6 Å². The molecule has 0 spiro atoms. The molecule has 6 heteroatoms. The zero-order chi connectivity index (χ0) is 16.9. The fourth-order valence-electron chi connectivity index (χ4n) is 2.78. The molecule has 1 fully saturated rings. The number of thiophene rings is 1. The van der Waals surface area contributed by atoms with Gasteiger partial charge in [-0.25, -0.2) is 0 Å². The van der Waals surface area contributed by atoms with Gasteiger partial charge in [0, 0.05) is 24.4 Å². The van der Waals surface area contributed by atoms with Gasteiger partial charge in [-0.1, -0.05) is 18.2 Å². The number of rotatable bonds is 6. The monoisotopic (exact) mass is 344 g/mol. The van der Waals surface area contributed by atoms with E-state index in [-0.39, 0.29) is 24.2 Å². The van der Waals surface area contributed by atoms with Crippen LogP contribution >= 0.6 is 11.3 Å². The van der Waals surface area contributed by atoms with Crippen molar-refractivity contribution in [3.05, 3.63) is 52.2 Å². The quantitative estimate of drug-likeness (QED) is 0.875. The fraction of sp³-hybridized carbons (Fsp3) is 0.333. The van der Waals surface area contributed by atoms with Crippen molar-refractivity contribution in [2.24, 2.45) is 5.92 Å². The van der Waals surface area contributed by atoms with Gasteiger partial charge in [-0.05, 0) is 29.1 Å². The minimum atomic E-state index is -0.268. The van der Waals surface area contributed by atoms with Gasteiger partial charge in [-0.2, -0.15) is 0 Å². The summed E-state index contributed by atoms with van der Waals surface area (Å²) < 4.78 is 5.13. The summed E-state index contributed by atoms with van der Waals surface area (Å²) in [5.41, 5.74) is 1.03. The third-order valence-corrected chi connectivity index (χ3v) is 5.01. The number of amides is 2. The fourth-order valence-corrected chi connectivity index (χ4v) is 3.43. The second-order valence-electron chi connectivity index (χ2n) is 5.82. The largest absolute Gasteiger partial charge is 0.497 e. The zero-order valence-corrected chi connectivity index (χ0v) is 14.3. The number of nitrogens with one attached hydrogen (secondary N) is 1. The first-order chi connectivity index (χ1) is 11.7. The van der Waals surface area contributed by atoms with Gasteiger partial charge >= 0.3 is 0 Å². The van der Waals surface area contributed by atoms with Crippen LogP contribution in [0.25, 0.3) is 0 Å². The standard InChI is InChI=1S/C18H20N2O3S/c1-23-15-6-4-13(5-7-15)11-20-12-14(9-17(20)21)18(22)19-10-16-3-2-8-24-16/h2-8,14H,9-12H2,1H3,(H,19,22)/t14-/m0/s1. The van der Waals surface area contributed by atoms with Crippen LogP contribution in [0.3, 0.4) is 0 Å². The molecule has 2 heterocycles. The molecule has 24 heavy (non-hydrogen) atoms. The molecule has 0 aliphatic carbocycles. The molecule has 1 N–H and O–H groups in total. The lowest BCUT2D eigenvalue weighted by atomic mass is 10.1. The molecule has 3 rings (SSSR count). The van der Waals surface area contributed by atoms with Crippen LogP contribution in [0, 0.1) is 5.92 Å². The van der Waals surface area contributed by atoms with E-state index >= 15 is 0 Å². The number of hydrogen-bond acceptors (Lipinski definition) is 4. The van der Waals surface area contributed by atoms with E-state index in [9.17, 15) is 9.59 Å². The normalized spacial score (nSPS) is 17.1. The van der Waals surface area contributed by atoms with E-state index in [1.54, 1.807) is 23.3 Å². The molecule has 2 amide bonds. The van der Waals surface area contributed by atoms with Crippen LogP contribution in [0.4, 0.5) is 0 Å². The highest BCUT2D eigenvalue weighted by Crippen LogP contribution is 2.21. The third-order valence-electron chi connectivity index (χ3n) is 4.13. The molecule has 1 aliphatic heterocycles. The van der Waals surface area contributed by atoms with E-state index in [1.165, 1.54) is 0 Å². The zero-order valence-electron chi connectivity index (χ0n) is 13.5. The number of nitrogens with zero attached hydrogens (tertiary/aromatic N) is 1. The lowest BCUT2D eigenvalue weighted by Gasteiger charge is -2.17. The number of hydrogen-bond donors (Lipinski definition) is 1. The number of likely N-dealkylation sites (tertiary alicyclic amines) is 1. The van der Waals surface area contributed by atoms with Gasteiger partial charge in [-0.15, -0.1) is 11.3 Å². The van der Waals surface area contributed by atoms with Crippen LogP contribution in [0.15, 0.2) is 41.8 Å². The Morgan fingerprint density at radius 2 is 2.12 bits per heavy atom. The van der Waals surface area contributed by atoms with Crippen molar-refractivity contribution >= 4 is 23.2 Å². The van der Waals surface area contributed by atoms with E-state index in [0.29, 0.717) is 19.6 Å². The Balaban J connectivity index is 1.53. The van der Waals surface area contributed by atoms with Crippen LogP contribution in [0.5, 0.6) is 5.75 Å². The first-order valence-corrected chi connectivity index (χ1v) is 8.74. The number of benzene rings is 1. The molecule has 1 aromatic heterocycles. The Hall–Kier alpha value is -2.34. The number of carbonyl (C=O) groups is 2. The van der Waals surface area contributed by atoms with Crippen molar-refractivity contribution in [3.8, 4) is 5.75 Å². The maximum atomic E-state index is 12.3. The predicted molar refractivity (Wildman–Crippen MR) is 92.7 cm³/mol.